The summed E-state index contributed by atoms with van der Waals surface area (Å²) in [7, 11) is 0. The molecule has 3 rings (SSSR count). The first-order valence-corrected chi connectivity index (χ1v) is 8.08. The van der Waals surface area contributed by atoms with E-state index in [-0.39, 0.29) is 11.7 Å². The first-order chi connectivity index (χ1) is 11.2. The summed E-state index contributed by atoms with van der Waals surface area (Å²) < 4.78 is 1.74. The molecular weight excluding hydrogens is 334 g/mol. The highest BCUT2D eigenvalue weighted by atomic mass is 35.5. The quantitative estimate of drug-likeness (QED) is 0.719. The number of thioether (sulfide) groups is 1. The highest BCUT2D eigenvalue weighted by Crippen LogP contribution is 2.19. The number of carbonyl (C=O) groups excluding carboxylic acids is 1. The molecule has 0 aliphatic heterocycles. The van der Waals surface area contributed by atoms with Crippen molar-refractivity contribution in [2.24, 2.45) is 0 Å². The molecule has 1 amide bonds. The van der Waals surface area contributed by atoms with Gasteiger partial charge in [-0.05, 0) is 36.4 Å². The van der Waals surface area contributed by atoms with Crippen LogP contribution in [0.4, 0.5) is 5.69 Å². The van der Waals surface area contributed by atoms with Gasteiger partial charge in [0, 0.05) is 16.9 Å². The van der Waals surface area contributed by atoms with Gasteiger partial charge in [-0.2, -0.15) is 0 Å². The third-order valence-electron chi connectivity index (χ3n) is 2.87. The Balaban J connectivity index is 1.62. The number of anilines is 1. The topological polar surface area (TPSA) is 72.7 Å². The van der Waals surface area contributed by atoms with Gasteiger partial charge in [0.2, 0.25) is 5.91 Å². The minimum absolute atomic E-state index is 0.132. The van der Waals surface area contributed by atoms with E-state index in [2.05, 4.69) is 20.5 Å². The number of nitrogens with zero attached hydrogens (tertiary/aromatic N) is 4. The van der Waals surface area contributed by atoms with Gasteiger partial charge in [-0.3, -0.25) is 9.36 Å². The molecule has 2 aromatic heterocycles. The normalized spacial score (nSPS) is 10.5. The third kappa shape index (κ3) is 4.08. The van der Waals surface area contributed by atoms with Crippen molar-refractivity contribution in [1.29, 1.82) is 0 Å². The van der Waals surface area contributed by atoms with E-state index >= 15 is 0 Å². The van der Waals surface area contributed by atoms with Crippen LogP contribution in [-0.2, 0) is 4.79 Å². The van der Waals surface area contributed by atoms with Crippen molar-refractivity contribution in [2.45, 2.75) is 5.16 Å². The van der Waals surface area contributed by atoms with Crippen LogP contribution in [0.5, 0.6) is 0 Å². The van der Waals surface area contributed by atoms with E-state index < -0.39 is 0 Å². The number of hydrogen-bond acceptors (Lipinski definition) is 5. The monoisotopic (exact) mass is 345 g/mol. The number of benzene rings is 1. The first kappa shape index (κ1) is 15.5. The van der Waals surface area contributed by atoms with Crippen molar-refractivity contribution in [3.8, 4) is 5.82 Å². The van der Waals surface area contributed by atoms with Gasteiger partial charge in [0.05, 0.1) is 5.75 Å². The lowest BCUT2D eigenvalue weighted by molar-refractivity contribution is -0.113. The lowest BCUT2D eigenvalue weighted by atomic mass is 10.3. The van der Waals surface area contributed by atoms with Crippen LogP contribution in [0.25, 0.3) is 5.82 Å². The molecule has 6 nitrogen and oxygen atoms in total. The predicted molar refractivity (Wildman–Crippen MR) is 90.0 cm³/mol. The Morgan fingerprint density at radius 3 is 2.78 bits per heavy atom. The van der Waals surface area contributed by atoms with E-state index in [1.165, 1.54) is 11.8 Å². The number of halogens is 1. The molecule has 1 N–H and O–H groups in total. The molecule has 8 heteroatoms. The average Bonchev–Trinajstić information content (AvgIpc) is 3.04. The van der Waals surface area contributed by atoms with Crippen molar-refractivity contribution in [3.05, 3.63) is 60.0 Å². The summed E-state index contributed by atoms with van der Waals surface area (Å²) in [6.07, 6.45) is 3.26. The van der Waals surface area contributed by atoms with E-state index in [0.29, 0.717) is 21.7 Å². The molecule has 1 aromatic carbocycles. The molecule has 0 aliphatic carbocycles. The molecule has 0 bridgehead atoms. The molecule has 116 valence electrons. The van der Waals surface area contributed by atoms with Crippen molar-refractivity contribution >= 4 is 35.0 Å². The van der Waals surface area contributed by atoms with Crippen molar-refractivity contribution in [2.75, 3.05) is 11.1 Å². The summed E-state index contributed by atoms with van der Waals surface area (Å²) >= 11 is 7.10. The Labute approximate surface area is 141 Å². The molecule has 0 aliphatic rings. The zero-order valence-corrected chi connectivity index (χ0v) is 13.5. The Bertz CT molecular complexity index is 791. The summed E-state index contributed by atoms with van der Waals surface area (Å²) in [5.41, 5.74) is 0.700. The molecule has 23 heavy (non-hydrogen) atoms. The molecule has 0 saturated heterocycles. The fourth-order valence-corrected chi connectivity index (χ4v) is 2.68. The maximum Gasteiger partial charge on any atom is 0.234 e. The van der Waals surface area contributed by atoms with Crippen LogP contribution in [0.1, 0.15) is 0 Å². The summed E-state index contributed by atoms with van der Waals surface area (Å²) in [5.74, 6) is 0.791. The van der Waals surface area contributed by atoms with Crippen molar-refractivity contribution < 1.29 is 4.79 Å². The highest BCUT2D eigenvalue weighted by molar-refractivity contribution is 7.99. The van der Waals surface area contributed by atoms with Crippen LogP contribution in [0, 0.1) is 0 Å². The maximum absolute atomic E-state index is 12.0. The number of carbonyl (C=O) groups is 1. The maximum atomic E-state index is 12.0. The summed E-state index contributed by atoms with van der Waals surface area (Å²) in [6, 6.07) is 12.5. The van der Waals surface area contributed by atoms with Gasteiger partial charge in [-0.25, -0.2) is 4.98 Å². The Kier molecular flexibility index (Phi) is 4.89. The third-order valence-corrected chi connectivity index (χ3v) is 4.07. The first-order valence-electron chi connectivity index (χ1n) is 6.72. The lowest BCUT2D eigenvalue weighted by Gasteiger charge is -2.06. The van der Waals surface area contributed by atoms with Crippen LogP contribution in [0.2, 0.25) is 5.02 Å². The number of nitrogens with one attached hydrogen (secondary N) is 1. The molecule has 0 atom stereocenters. The summed E-state index contributed by atoms with van der Waals surface area (Å²) in [6.45, 7) is 0. The Morgan fingerprint density at radius 1 is 1.22 bits per heavy atom. The lowest BCUT2D eigenvalue weighted by Crippen LogP contribution is -2.14. The molecule has 0 unspecified atom stereocenters. The van der Waals surface area contributed by atoms with Crippen LogP contribution < -0.4 is 5.32 Å². The van der Waals surface area contributed by atoms with E-state index in [0.717, 1.165) is 0 Å². The van der Waals surface area contributed by atoms with E-state index in [1.807, 2.05) is 18.2 Å². The second-order valence-electron chi connectivity index (χ2n) is 4.52. The Hall–Kier alpha value is -2.38. The zero-order valence-electron chi connectivity index (χ0n) is 11.9. The average molecular weight is 346 g/mol. The highest BCUT2D eigenvalue weighted by Gasteiger charge is 2.10. The van der Waals surface area contributed by atoms with Gasteiger partial charge in [-0.15, -0.1) is 10.2 Å². The number of rotatable bonds is 5. The van der Waals surface area contributed by atoms with Gasteiger partial charge >= 0.3 is 0 Å². The van der Waals surface area contributed by atoms with Gasteiger partial charge in [0.15, 0.2) is 5.16 Å². The largest absolute Gasteiger partial charge is 0.325 e. The van der Waals surface area contributed by atoms with Crippen molar-refractivity contribution in [1.82, 2.24) is 19.7 Å². The molecule has 2 heterocycles. The fourth-order valence-electron chi connectivity index (χ4n) is 1.84. The van der Waals surface area contributed by atoms with Gasteiger partial charge < -0.3 is 5.32 Å². The number of amides is 1. The molecule has 0 radical (unpaired) electrons. The smallest absolute Gasteiger partial charge is 0.234 e. The fraction of sp³-hybridized carbons (Fsp3) is 0.0667. The molecule has 0 spiro atoms. The van der Waals surface area contributed by atoms with Gasteiger partial charge in [-0.1, -0.05) is 29.4 Å². The zero-order chi connectivity index (χ0) is 16.1. The van der Waals surface area contributed by atoms with Crippen LogP contribution in [0.3, 0.4) is 0 Å². The standard InChI is InChI=1S/C15H12ClN5OS/c16-11-4-6-12(7-5-11)19-14(22)9-23-15-20-18-10-21(15)13-3-1-2-8-17-13/h1-8,10H,9H2,(H,19,22). The van der Waals surface area contributed by atoms with Gasteiger partial charge in [0.25, 0.3) is 0 Å². The summed E-state index contributed by atoms with van der Waals surface area (Å²) in [5, 5.41) is 11.9. The van der Waals surface area contributed by atoms with E-state index in [9.17, 15) is 4.79 Å². The second kappa shape index (κ2) is 7.26. The number of pyridine rings is 1. The van der Waals surface area contributed by atoms with Crippen molar-refractivity contribution in [3.63, 3.8) is 0 Å². The van der Waals surface area contributed by atoms with E-state index in [4.69, 9.17) is 11.6 Å². The second-order valence-corrected chi connectivity index (χ2v) is 5.89. The van der Waals surface area contributed by atoms with E-state index in [1.54, 1.807) is 41.4 Å². The van der Waals surface area contributed by atoms with Crippen LogP contribution in [0.15, 0.2) is 60.1 Å². The SMILES string of the molecule is O=C(CSc1nncn1-c1ccccn1)Nc1ccc(Cl)cc1. The molecular formula is C15H12ClN5OS. The summed E-state index contributed by atoms with van der Waals surface area (Å²) in [4.78, 5) is 16.2. The molecule has 0 fully saturated rings. The van der Waals surface area contributed by atoms with Gasteiger partial charge in [0.1, 0.15) is 12.1 Å². The number of hydrogen-bond donors (Lipinski definition) is 1. The van der Waals surface area contributed by atoms with Crippen LogP contribution >= 0.6 is 23.4 Å². The van der Waals surface area contributed by atoms with Crippen LogP contribution in [-0.4, -0.2) is 31.4 Å². The number of aromatic nitrogens is 4. The molecule has 3 aromatic rings. The molecule has 0 saturated carbocycles. The minimum Gasteiger partial charge on any atom is -0.325 e. The Morgan fingerprint density at radius 2 is 2.04 bits per heavy atom. The predicted octanol–water partition coefficient (Wildman–Crippen LogP) is 3.05. The minimum atomic E-state index is -0.132.